The molecular formula is C30H29NO8. The Morgan fingerprint density at radius 3 is 2.49 bits per heavy atom. The van der Waals surface area contributed by atoms with E-state index >= 15 is 0 Å². The van der Waals surface area contributed by atoms with Crippen LogP contribution < -0.4 is 5.73 Å². The standard InChI is InChI=1S/C30H29NO8/c1-2-14-5-3-7-16(25(14)34)8-4-6-15-9-10-20(32)23-19(15)12-17-11-18-13-21(33)24(29(31)38)28(37)30(18,39)27(36)22(17)26(23)35/h3-7,9-10,17-18,32,34-35,37,39H,2,8,11-13H2,1H3,(H2,31,38)/b6-4-/t17-,18+,30+/m1/s1. The zero-order valence-corrected chi connectivity index (χ0v) is 21.3. The molecule has 0 saturated heterocycles. The number of amides is 1. The van der Waals surface area contributed by atoms with E-state index in [0.29, 0.717) is 24.0 Å². The molecule has 0 unspecified atom stereocenters. The number of allylic oxidation sites excluding steroid dienone is 1. The van der Waals surface area contributed by atoms with Crippen LogP contribution in [0.1, 0.15) is 47.6 Å². The topological polar surface area (TPSA) is 178 Å². The fourth-order valence-electron chi connectivity index (χ4n) is 6.21. The number of aliphatic hydroxyl groups is 3. The van der Waals surface area contributed by atoms with Gasteiger partial charge in [0.25, 0.3) is 5.91 Å². The van der Waals surface area contributed by atoms with Crippen LogP contribution in [0.15, 0.2) is 53.3 Å². The summed E-state index contributed by atoms with van der Waals surface area (Å²) in [7, 11) is 0. The first-order chi connectivity index (χ1) is 18.5. The summed E-state index contributed by atoms with van der Waals surface area (Å²) in [4.78, 5) is 37.9. The van der Waals surface area contributed by atoms with Gasteiger partial charge in [-0.05, 0) is 59.9 Å². The first-order valence-corrected chi connectivity index (χ1v) is 12.8. The Bertz CT molecular complexity index is 1530. The number of benzene rings is 2. The number of fused-ring (bicyclic) bond motifs is 3. The van der Waals surface area contributed by atoms with Crippen molar-refractivity contribution in [2.75, 3.05) is 0 Å². The molecule has 0 aromatic heterocycles. The predicted octanol–water partition coefficient (Wildman–Crippen LogP) is 2.95. The van der Waals surface area contributed by atoms with E-state index in [1.54, 1.807) is 6.07 Å². The average Bonchev–Trinajstić information content (AvgIpc) is 2.88. The number of aliphatic hydroxyl groups excluding tert-OH is 2. The van der Waals surface area contributed by atoms with Crippen molar-refractivity contribution in [2.45, 2.75) is 44.6 Å². The molecule has 202 valence electrons. The van der Waals surface area contributed by atoms with Crippen LogP contribution in [0.5, 0.6) is 11.5 Å². The van der Waals surface area contributed by atoms with Gasteiger partial charge in [0.2, 0.25) is 5.78 Å². The minimum atomic E-state index is -2.59. The van der Waals surface area contributed by atoms with Gasteiger partial charge >= 0.3 is 0 Å². The summed E-state index contributed by atoms with van der Waals surface area (Å²) in [5.74, 6) is -6.30. The van der Waals surface area contributed by atoms with Gasteiger partial charge in [0.15, 0.2) is 11.4 Å². The molecule has 0 aliphatic heterocycles. The Morgan fingerprint density at radius 1 is 1.08 bits per heavy atom. The largest absolute Gasteiger partial charge is 0.508 e. The summed E-state index contributed by atoms with van der Waals surface area (Å²) < 4.78 is 0. The van der Waals surface area contributed by atoms with E-state index in [1.807, 2.05) is 37.3 Å². The number of carbonyl (C=O) groups is 3. The van der Waals surface area contributed by atoms with Crippen molar-refractivity contribution < 1.29 is 39.9 Å². The minimum absolute atomic E-state index is 0.0418. The molecule has 0 heterocycles. The molecule has 3 aliphatic rings. The first kappa shape index (κ1) is 26.2. The number of phenolic OH excluding ortho intramolecular Hbond substituents is 2. The third-order valence-electron chi connectivity index (χ3n) is 8.20. The summed E-state index contributed by atoms with van der Waals surface area (Å²) in [5.41, 5.74) is 4.55. The van der Waals surface area contributed by atoms with Gasteiger partial charge in [-0.2, -0.15) is 0 Å². The molecule has 39 heavy (non-hydrogen) atoms. The van der Waals surface area contributed by atoms with Gasteiger partial charge in [0.05, 0.1) is 5.56 Å². The van der Waals surface area contributed by atoms with E-state index in [2.05, 4.69) is 0 Å². The van der Waals surface area contributed by atoms with Gasteiger partial charge < -0.3 is 31.3 Å². The zero-order valence-electron chi connectivity index (χ0n) is 21.3. The van der Waals surface area contributed by atoms with Crippen molar-refractivity contribution in [3.8, 4) is 11.5 Å². The molecule has 9 heteroatoms. The number of nitrogens with two attached hydrogens (primary N) is 1. The highest BCUT2D eigenvalue weighted by atomic mass is 16.3. The number of para-hydroxylation sites is 1. The lowest BCUT2D eigenvalue weighted by Gasteiger charge is -2.46. The molecule has 2 aromatic rings. The highest BCUT2D eigenvalue weighted by molar-refractivity contribution is 6.22. The van der Waals surface area contributed by atoms with Crippen molar-refractivity contribution in [3.63, 3.8) is 0 Å². The Labute approximate surface area is 224 Å². The second-order valence-electron chi connectivity index (χ2n) is 10.3. The number of hydrogen-bond acceptors (Lipinski definition) is 8. The lowest BCUT2D eigenvalue weighted by atomic mass is 9.59. The number of rotatable bonds is 5. The molecular weight excluding hydrogens is 502 g/mol. The molecule has 9 nitrogen and oxygen atoms in total. The number of carbonyl (C=O) groups excluding carboxylic acids is 3. The molecule has 5 rings (SSSR count). The second-order valence-corrected chi connectivity index (χ2v) is 10.3. The highest BCUT2D eigenvalue weighted by Crippen LogP contribution is 2.52. The number of hydrogen-bond donors (Lipinski definition) is 6. The maximum Gasteiger partial charge on any atom is 0.255 e. The normalized spacial score (nSPS) is 24.6. The Hall–Kier alpha value is -4.37. The van der Waals surface area contributed by atoms with Crippen LogP contribution in [0.4, 0.5) is 0 Å². The van der Waals surface area contributed by atoms with Crippen molar-refractivity contribution in [1.82, 2.24) is 0 Å². The third kappa shape index (κ3) is 3.92. The summed E-state index contributed by atoms with van der Waals surface area (Å²) in [6.07, 6.45) is 4.73. The van der Waals surface area contributed by atoms with Gasteiger partial charge in [0.1, 0.15) is 28.6 Å². The van der Waals surface area contributed by atoms with Crippen LogP contribution in [0.3, 0.4) is 0 Å². The first-order valence-electron chi connectivity index (χ1n) is 12.8. The maximum atomic E-state index is 13.6. The van der Waals surface area contributed by atoms with Crippen LogP contribution in [0.25, 0.3) is 11.8 Å². The lowest BCUT2D eigenvalue weighted by molar-refractivity contribution is -0.147. The van der Waals surface area contributed by atoms with Crippen LogP contribution in [-0.4, -0.2) is 48.6 Å². The van der Waals surface area contributed by atoms with E-state index in [4.69, 9.17) is 5.73 Å². The van der Waals surface area contributed by atoms with E-state index in [9.17, 15) is 39.9 Å². The van der Waals surface area contributed by atoms with Crippen LogP contribution >= 0.6 is 0 Å². The van der Waals surface area contributed by atoms with E-state index in [1.165, 1.54) is 6.07 Å². The molecule has 0 radical (unpaired) electrons. The predicted molar refractivity (Wildman–Crippen MR) is 142 cm³/mol. The quantitative estimate of drug-likeness (QED) is 0.319. The van der Waals surface area contributed by atoms with Gasteiger partial charge in [-0.15, -0.1) is 0 Å². The Kier molecular flexibility index (Phi) is 6.34. The number of Topliss-reactive ketones (excluding diaryl/α,β-unsaturated/α-hetero) is 2. The summed E-state index contributed by atoms with van der Waals surface area (Å²) >= 11 is 0. The SMILES string of the molecule is CCc1cccc(C/C=C\c2ccc(O)c3c2C[C@H]2C[C@H]4CC(=O)C(C(N)=O)=C(O)[C@@]4(O)C(=O)C2=C3O)c1O. The molecule has 1 saturated carbocycles. The number of ketones is 2. The Morgan fingerprint density at radius 2 is 1.79 bits per heavy atom. The molecule has 0 bridgehead atoms. The molecule has 0 spiro atoms. The molecule has 7 N–H and O–H groups in total. The number of phenols is 2. The van der Waals surface area contributed by atoms with E-state index in [-0.39, 0.29) is 41.9 Å². The van der Waals surface area contributed by atoms with Crippen molar-refractivity contribution >= 4 is 29.3 Å². The average molecular weight is 532 g/mol. The maximum absolute atomic E-state index is 13.6. The van der Waals surface area contributed by atoms with Crippen LogP contribution in [-0.2, 0) is 33.6 Å². The van der Waals surface area contributed by atoms with Crippen molar-refractivity contribution in [2.24, 2.45) is 17.6 Å². The van der Waals surface area contributed by atoms with Crippen LogP contribution in [0.2, 0.25) is 0 Å². The Balaban J connectivity index is 1.55. The van der Waals surface area contributed by atoms with E-state index < -0.39 is 52.0 Å². The molecule has 1 amide bonds. The monoisotopic (exact) mass is 531 g/mol. The lowest BCUT2D eigenvalue weighted by Crippen LogP contribution is -2.58. The third-order valence-corrected chi connectivity index (χ3v) is 8.20. The summed E-state index contributed by atoms with van der Waals surface area (Å²) in [6.45, 7) is 1.96. The smallest absolute Gasteiger partial charge is 0.255 e. The molecule has 3 atom stereocenters. The second kappa shape index (κ2) is 9.43. The van der Waals surface area contributed by atoms with Gasteiger partial charge in [-0.1, -0.05) is 43.3 Å². The number of aromatic hydroxyl groups is 2. The van der Waals surface area contributed by atoms with Gasteiger partial charge in [-0.3, -0.25) is 14.4 Å². The molecule has 2 aromatic carbocycles. The summed E-state index contributed by atoms with van der Waals surface area (Å²) in [6, 6.07) is 8.65. The van der Waals surface area contributed by atoms with Gasteiger partial charge in [0, 0.05) is 17.9 Å². The highest BCUT2D eigenvalue weighted by Gasteiger charge is 2.60. The fraction of sp³-hybridized carbons (Fsp3) is 0.300. The van der Waals surface area contributed by atoms with Crippen molar-refractivity contribution in [1.29, 1.82) is 0 Å². The van der Waals surface area contributed by atoms with Crippen molar-refractivity contribution in [3.05, 3.63) is 81.1 Å². The molecule has 1 fully saturated rings. The zero-order chi connectivity index (χ0) is 28.2. The minimum Gasteiger partial charge on any atom is -0.508 e. The number of aryl methyl sites for hydroxylation is 1. The molecule has 3 aliphatic carbocycles. The van der Waals surface area contributed by atoms with Gasteiger partial charge in [-0.25, -0.2) is 0 Å². The van der Waals surface area contributed by atoms with Crippen LogP contribution in [0, 0.1) is 11.8 Å². The fourth-order valence-corrected chi connectivity index (χ4v) is 6.21. The number of primary amides is 1. The van der Waals surface area contributed by atoms with E-state index in [0.717, 1.165) is 11.1 Å². The summed E-state index contributed by atoms with van der Waals surface area (Å²) in [5, 5.41) is 54.3.